The van der Waals surface area contributed by atoms with Gasteiger partial charge < -0.3 is 4.90 Å². The molecule has 0 N–H and O–H groups in total. The normalized spacial score (nSPS) is 27.7. The number of rotatable bonds is 2. The van der Waals surface area contributed by atoms with E-state index in [0.29, 0.717) is 0 Å². The fourth-order valence-electron chi connectivity index (χ4n) is 1.17. The standard InChI is InChI=1S/C10H15F2NOS/c1-7(2)13(4)6-9-8(3)5-10(11,12)15(9)14/h6-7H,3,5H2,1-2,4H3/b9-6+. The maximum atomic E-state index is 13.1. The Morgan fingerprint density at radius 2 is 2.13 bits per heavy atom. The van der Waals surface area contributed by atoms with Gasteiger partial charge in [-0.3, -0.25) is 0 Å². The van der Waals surface area contributed by atoms with Crippen molar-refractivity contribution in [1.82, 2.24) is 4.90 Å². The summed E-state index contributed by atoms with van der Waals surface area (Å²) in [6, 6.07) is 0.177. The third-order valence-corrected chi connectivity index (χ3v) is 3.85. The number of hydrogen-bond donors (Lipinski definition) is 0. The fourth-order valence-corrected chi connectivity index (χ4v) is 2.39. The monoisotopic (exact) mass is 235 g/mol. The van der Waals surface area contributed by atoms with Crippen LogP contribution in [-0.2, 0) is 10.8 Å². The van der Waals surface area contributed by atoms with Crippen LogP contribution in [-0.4, -0.2) is 27.5 Å². The Kier molecular flexibility index (Phi) is 3.33. The molecule has 86 valence electrons. The summed E-state index contributed by atoms with van der Waals surface area (Å²) in [6.45, 7) is 7.38. The van der Waals surface area contributed by atoms with Crippen LogP contribution >= 0.6 is 0 Å². The Morgan fingerprint density at radius 3 is 2.47 bits per heavy atom. The number of alkyl halides is 2. The molecular weight excluding hydrogens is 220 g/mol. The van der Waals surface area contributed by atoms with Crippen LogP contribution in [0.1, 0.15) is 20.3 Å². The third kappa shape index (κ3) is 2.45. The van der Waals surface area contributed by atoms with Gasteiger partial charge in [0.15, 0.2) is 0 Å². The van der Waals surface area contributed by atoms with Crippen molar-refractivity contribution in [3.8, 4) is 0 Å². The molecule has 0 saturated carbocycles. The van der Waals surface area contributed by atoms with E-state index in [9.17, 15) is 13.0 Å². The molecule has 1 rings (SSSR count). The fraction of sp³-hybridized carbons (Fsp3) is 0.600. The van der Waals surface area contributed by atoms with Gasteiger partial charge in [0.25, 0.3) is 0 Å². The van der Waals surface area contributed by atoms with E-state index >= 15 is 0 Å². The van der Waals surface area contributed by atoms with Crippen molar-refractivity contribution in [3.05, 3.63) is 23.3 Å². The van der Waals surface area contributed by atoms with Crippen LogP contribution in [0.4, 0.5) is 8.78 Å². The molecule has 0 amide bonds. The highest BCUT2D eigenvalue weighted by Gasteiger charge is 2.47. The first kappa shape index (κ1) is 12.4. The maximum absolute atomic E-state index is 13.1. The van der Waals surface area contributed by atoms with Crippen LogP contribution in [0.2, 0.25) is 0 Å². The van der Waals surface area contributed by atoms with Gasteiger partial charge >= 0.3 is 5.25 Å². The van der Waals surface area contributed by atoms with Crippen LogP contribution in [0.5, 0.6) is 0 Å². The molecule has 15 heavy (non-hydrogen) atoms. The average Bonchev–Trinajstić information content (AvgIpc) is 2.27. The van der Waals surface area contributed by atoms with Gasteiger partial charge in [0, 0.05) is 19.3 Å². The summed E-state index contributed by atoms with van der Waals surface area (Å²) in [6.07, 6.45) is 1.00. The highest BCUT2D eigenvalue weighted by molar-refractivity contribution is 7.90. The molecule has 1 fully saturated rings. The molecule has 1 atom stereocenters. The number of hydrogen-bond acceptors (Lipinski definition) is 2. The maximum Gasteiger partial charge on any atom is 0.329 e. The topological polar surface area (TPSA) is 20.3 Å². The Balaban J connectivity index is 2.97. The lowest BCUT2D eigenvalue weighted by atomic mass is 10.2. The molecule has 0 radical (unpaired) electrons. The van der Waals surface area contributed by atoms with Crippen molar-refractivity contribution in [1.29, 1.82) is 0 Å². The molecule has 0 bridgehead atoms. The van der Waals surface area contributed by atoms with Crippen LogP contribution < -0.4 is 0 Å². The molecule has 1 aliphatic heterocycles. The number of nitrogens with zero attached hydrogens (tertiary/aromatic N) is 1. The molecule has 0 aromatic rings. The first-order valence-electron chi connectivity index (χ1n) is 4.67. The minimum atomic E-state index is -3.15. The predicted octanol–water partition coefficient (Wildman–Crippen LogP) is 2.47. The molecule has 1 unspecified atom stereocenters. The molecule has 0 aromatic heterocycles. The Morgan fingerprint density at radius 1 is 1.60 bits per heavy atom. The summed E-state index contributed by atoms with van der Waals surface area (Å²) in [5.41, 5.74) is 0.269. The van der Waals surface area contributed by atoms with E-state index < -0.39 is 22.5 Å². The molecule has 5 heteroatoms. The zero-order valence-electron chi connectivity index (χ0n) is 9.09. The van der Waals surface area contributed by atoms with Crippen LogP contribution in [0.15, 0.2) is 23.3 Å². The summed E-state index contributed by atoms with van der Waals surface area (Å²) in [7, 11) is -0.489. The second kappa shape index (κ2) is 4.04. The van der Waals surface area contributed by atoms with Gasteiger partial charge in [0.1, 0.15) is 10.8 Å². The van der Waals surface area contributed by atoms with Crippen LogP contribution in [0, 0.1) is 0 Å². The van der Waals surface area contributed by atoms with Gasteiger partial charge in [0.2, 0.25) is 0 Å². The molecule has 1 saturated heterocycles. The Hall–Kier alpha value is -0.710. The lowest BCUT2D eigenvalue weighted by Gasteiger charge is -2.19. The molecule has 0 aromatic carbocycles. The van der Waals surface area contributed by atoms with Crippen molar-refractivity contribution >= 4 is 10.8 Å². The lowest BCUT2D eigenvalue weighted by Crippen LogP contribution is -2.22. The predicted molar refractivity (Wildman–Crippen MR) is 57.8 cm³/mol. The molecular formula is C10H15F2NOS. The summed E-state index contributed by atoms with van der Waals surface area (Å²) in [5.74, 6) is 0. The van der Waals surface area contributed by atoms with Gasteiger partial charge in [-0.1, -0.05) is 6.58 Å². The minimum absolute atomic E-state index is 0.163. The summed E-state index contributed by atoms with van der Waals surface area (Å²) < 4.78 is 37.5. The van der Waals surface area contributed by atoms with Crippen molar-refractivity contribution in [3.63, 3.8) is 0 Å². The van der Waals surface area contributed by atoms with E-state index in [1.165, 1.54) is 6.20 Å². The van der Waals surface area contributed by atoms with E-state index in [-0.39, 0.29) is 16.5 Å². The van der Waals surface area contributed by atoms with E-state index in [2.05, 4.69) is 6.58 Å². The quantitative estimate of drug-likeness (QED) is 0.733. The van der Waals surface area contributed by atoms with Gasteiger partial charge in [-0.25, -0.2) is 4.21 Å². The van der Waals surface area contributed by atoms with E-state index in [4.69, 9.17) is 0 Å². The smallest absolute Gasteiger partial charge is 0.329 e. The van der Waals surface area contributed by atoms with Crippen molar-refractivity contribution < 1.29 is 13.0 Å². The first-order valence-corrected chi connectivity index (χ1v) is 5.82. The summed E-state index contributed by atoms with van der Waals surface area (Å²) >= 11 is 0. The van der Waals surface area contributed by atoms with Gasteiger partial charge in [-0.05, 0) is 19.4 Å². The highest BCUT2D eigenvalue weighted by Crippen LogP contribution is 2.42. The second-order valence-electron chi connectivity index (χ2n) is 3.94. The van der Waals surface area contributed by atoms with E-state index in [0.717, 1.165) is 0 Å². The lowest BCUT2D eigenvalue weighted by molar-refractivity contribution is 0.106. The SMILES string of the molecule is C=C1CC(F)(F)S(=O)/C1=C/N(C)C(C)C. The summed E-state index contributed by atoms with van der Waals surface area (Å²) in [4.78, 5) is 1.91. The van der Waals surface area contributed by atoms with Crippen LogP contribution in [0.25, 0.3) is 0 Å². The molecule has 0 aliphatic carbocycles. The van der Waals surface area contributed by atoms with Gasteiger partial charge in [0.05, 0.1) is 11.3 Å². The number of halogens is 2. The Bertz CT molecular complexity index is 336. The zero-order chi connectivity index (χ0) is 11.8. The Labute approximate surface area is 91.1 Å². The third-order valence-electron chi connectivity index (χ3n) is 2.37. The zero-order valence-corrected chi connectivity index (χ0v) is 9.91. The minimum Gasteiger partial charge on any atom is -0.377 e. The molecule has 0 spiro atoms. The van der Waals surface area contributed by atoms with Crippen molar-refractivity contribution in [2.75, 3.05) is 7.05 Å². The van der Waals surface area contributed by atoms with Crippen molar-refractivity contribution in [2.24, 2.45) is 0 Å². The van der Waals surface area contributed by atoms with Crippen molar-refractivity contribution in [2.45, 2.75) is 31.6 Å². The van der Waals surface area contributed by atoms with Crippen LogP contribution in [0.3, 0.4) is 0 Å². The molecule has 1 heterocycles. The van der Waals surface area contributed by atoms with Gasteiger partial charge in [-0.2, -0.15) is 8.78 Å². The highest BCUT2D eigenvalue weighted by atomic mass is 32.2. The first-order chi connectivity index (χ1) is 6.75. The second-order valence-corrected chi connectivity index (χ2v) is 5.51. The van der Waals surface area contributed by atoms with Gasteiger partial charge in [-0.15, -0.1) is 0 Å². The molecule has 2 nitrogen and oxygen atoms in total. The summed E-state index contributed by atoms with van der Waals surface area (Å²) in [5, 5.41) is -3.15. The largest absolute Gasteiger partial charge is 0.377 e. The number of allylic oxidation sites excluding steroid dienone is 1. The molecule has 1 aliphatic rings. The van der Waals surface area contributed by atoms with E-state index in [1.54, 1.807) is 11.9 Å². The average molecular weight is 235 g/mol. The van der Waals surface area contributed by atoms with E-state index in [1.807, 2.05) is 13.8 Å².